The SMILES string of the molecule is CC(C)Nc1ncnc2c1ncn2[C@@H]1O[C@H](CO[P@](=O)(N[C@@H](C)C(=O)OC(C)C)Oc2ccccc2)[C@@H](O)[C@@]1(C)F. The van der Waals surface area contributed by atoms with Gasteiger partial charge in [-0.1, -0.05) is 18.2 Å². The molecule has 13 nitrogen and oxygen atoms in total. The van der Waals surface area contributed by atoms with Gasteiger partial charge in [0.25, 0.3) is 0 Å². The molecule has 0 radical (unpaired) electrons. The van der Waals surface area contributed by atoms with Gasteiger partial charge in [-0.3, -0.25) is 13.9 Å². The molecule has 0 unspecified atom stereocenters. The van der Waals surface area contributed by atoms with Crippen molar-refractivity contribution in [3.8, 4) is 5.75 Å². The molecule has 0 amide bonds. The molecule has 3 N–H and O–H groups in total. The molecular formula is C26H36FN6O7P. The number of carbonyl (C=O) groups is 1. The molecule has 6 atom stereocenters. The van der Waals surface area contributed by atoms with Crippen LogP contribution in [0.3, 0.4) is 0 Å². The molecule has 1 aromatic carbocycles. The van der Waals surface area contributed by atoms with Gasteiger partial charge in [0.15, 0.2) is 28.9 Å². The Morgan fingerprint density at radius 2 is 1.90 bits per heavy atom. The van der Waals surface area contributed by atoms with Crippen LogP contribution >= 0.6 is 7.75 Å². The molecule has 0 spiro atoms. The van der Waals surface area contributed by atoms with E-state index in [1.165, 1.54) is 31.1 Å². The van der Waals surface area contributed by atoms with Gasteiger partial charge in [0.05, 0.1) is 19.0 Å². The predicted molar refractivity (Wildman–Crippen MR) is 148 cm³/mol. The van der Waals surface area contributed by atoms with Crippen molar-refractivity contribution < 1.29 is 37.4 Å². The van der Waals surface area contributed by atoms with Crippen molar-refractivity contribution >= 4 is 30.7 Å². The number of aromatic nitrogens is 4. The van der Waals surface area contributed by atoms with Crippen molar-refractivity contribution in [3.63, 3.8) is 0 Å². The van der Waals surface area contributed by atoms with Gasteiger partial charge in [0.1, 0.15) is 30.3 Å². The summed E-state index contributed by atoms with van der Waals surface area (Å²) in [5.41, 5.74) is -1.62. The molecule has 0 aliphatic carbocycles. The van der Waals surface area contributed by atoms with Gasteiger partial charge in [0.2, 0.25) is 0 Å². The maximum atomic E-state index is 16.0. The Bertz CT molecular complexity index is 1390. The van der Waals surface area contributed by atoms with Crippen LogP contribution in [0.5, 0.6) is 5.75 Å². The molecule has 1 aliphatic heterocycles. The van der Waals surface area contributed by atoms with Gasteiger partial charge in [0, 0.05) is 6.04 Å². The number of anilines is 1. The lowest BCUT2D eigenvalue weighted by Crippen LogP contribution is -2.41. The number of halogens is 1. The largest absolute Gasteiger partial charge is 0.462 e. The maximum Gasteiger partial charge on any atom is 0.459 e. The zero-order valence-corrected chi connectivity index (χ0v) is 24.6. The second-order valence-electron chi connectivity index (χ2n) is 10.5. The monoisotopic (exact) mass is 594 g/mol. The quantitative estimate of drug-likeness (QED) is 0.206. The number of nitrogens with zero attached hydrogens (tertiary/aromatic N) is 4. The third-order valence-electron chi connectivity index (χ3n) is 6.19. The van der Waals surface area contributed by atoms with Gasteiger partial charge in [-0.25, -0.2) is 23.9 Å². The normalized spacial score (nSPS) is 24.9. The van der Waals surface area contributed by atoms with E-state index >= 15 is 4.39 Å². The molecule has 1 saturated heterocycles. The van der Waals surface area contributed by atoms with Gasteiger partial charge < -0.3 is 24.4 Å². The Balaban J connectivity index is 1.55. The number of benzene rings is 1. The third kappa shape index (κ3) is 7.02. The Labute approximate surface area is 237 Å². The van der Waals surface area contributed by atoms with Crippen LogP contribution in [0.1, 0.15) is 47.8 Å². The number of fused-ring (bicyclic) bond motifs is 1. The Morgan fingerprint density at radius 1 is 1.20 bits per heavy atom. The van der Waals surface area contributed by atoms with Crippen molar-refractivity contribution in [2.75, 3.05) is 11.9 Å². The number of rotatable bonds is 12. The summed E-state index contributed by atoms with van der Waals surface area (Å²) in [5.74, 6) is -0.00324. The number of aliphatic hydroxyl groups is 1. The highest BCUT2D eigenvalue weighted by Gasteiger charge is 2.56. The minimum atomic E-state index is -4.27. The number of para-hydroxylation sites is 1. The van der Waals surface area contributed by atoms with E-state index in [1.807, 2.05) is 13.8 Å². The number of nitrogens with one attached hydrogen (secondary N) is 2. The van der Waals surface area contributed by atoms with E-state index in [4.69, 9.17) is 18.5 Å². The zero-order valence-electron chi connectivity index (χ0n) is 23.7. The first-order chi connectivity index (χ1) is 19.3. The van der Waals surface area contributed by atoms with E-state index in [-0.39, 0.29) is 11.8 Å². The summed E-state index contributed by atoms with van der Waals surface area (Å²) in [6, 6.07) is 7.17. The minimum Gasteiger partial charge on any atom is -0.462 e. The third-order valence-corrected chi connectivity index (χ3v) is 7.83. The average Bonchev–Trinajstić information content (AvgIpc) is 3.41. The number of hydrogen-bond donors (Lipinski definition) is 3. The highest BCUT2D eigenvalue weighted by molar-refractivity contribution is 7.52. The Morgan fingerprint density at radius 3 is 2.56 bits per heavy atom. The van der Waals surface area contributed by atoms with Crippen molar-refractivity contribution in [2.45, 2.75) is 83.8 Å². The molecule has 41 heavy (non-hydrogen) atoms. The van der Waals surface area contributed by atoms with Gasteiger partial charge in [-0.15, -0.1) is 0 Å². The summed E-state index contributed by atoms with van der Waals surface area (Å²) in [4.78, 5) is 25.2. The van der Waals surface area contributed by atoms with Crippen LogP contribution < -0.4 is 14.9 Å². The minimum absolute atomic E-state index is 0.0631. The first-order valence-electron chi connectivity index (χ1n) is 13.2. The molecule has 0 bridgehead atoms. The highest BCUT2D eigenvalue weighted by atomic mass is 31.2. The van der Waals surface area contributed by atoms with Crippen LogP contribution in [0.15, 0.2) is 43.0 Å². The highest BCUT2D eigenvalue weighted by Crippen LogP contribution is 2.48. The fourth-order valence-electron chi connectivity index (χ4n) is 4.26. The number of aliphatic hydroxyl groups excluding tert-OH is 1. The molecular weight excluding hydrogens is 558 g/mol. The van der Waals surface area contributed by atoms with Gasteiger partial charge >= 0.3 is 13.7 Å². The summed E-state index contributed by atoms with van der Waals surface area (Å²) < 4.78 is 53.5. The van der Waals surface area contributed by atoms with Crippen LogP contribution in [0.4, 0.5) is 10.2 Å². The number of alkyl halides is 1. The van der Waals surface area contributed by atoms with Crippen LogP contribution in [0.2, 0.25) is 0 Å². The predicted octanol–water partition coefficient (Wildman–Crippen LogP) is 3.77. The molecule has 3 heterocycles. The van der Waals surface area contributed by atoms with E-state index in [0.717, 1.165) is 0 Å². The Hall–Kier alpha value is -3.16. The topological polar surface area (TPSA) is 159 Å². The first-order valence-corrected chi connectivity index (χ1v) is 14.8. The van der Waals surface area contributed by atoms with Crippen LogP contribution in [-0.2, 0) is 23.4 Å². The molecule has 2 aromatic heterocycles. The molecule has 4 rings (SSSR count). The molecule has 1 fully saturated rings. The number of imidazole rings is 1. The zero-order chi connectivity index (χ0) is 29.9. The number of ether oxygens (including phenoxy) is 2. The molecule has 1 aliphatic rings. The van der Waals surface area contributed by atoms with Crippen molar-refractivity contribution in [3.05, 3.63) is 43.0 Å². The van der Waals surface area contributed by atoms with E-state index in [1.54, 1.807) is 44.2 Å². The second-order valence-corrected chi connectivity index (χ2v) is 12.2. The number of esters is 1. The van der Waals surface area contributed by atoms with Gasteiger partial charge in [-0.05, 0) is 53.7 Å². The summed E-state index contributed by atoms with van der Waals surface area (Å²) in [6.07, 6.45) is -2.02. The molecule has 3 aromatic rings. The number of carbonyl (C=O) groups excluding carboxylic acids is 1. The first kappa shape index (κ1) is 30.8. The maximum absolute atomic E-state index is 16.0. The smallest absolute Gasteiger partial charge is 0.459 e. The summed E-state index contributed by atoms with van der Waals surface area (Å²) >= 11 is 0. The van der Waals surface area contributed by atoms with E-state index in [0.29, 0.717) is 17.0 Å². The van der Waals surface area contributed by atoms with Crippen LogP contribution in [0.25, 0.3) is 11.2 Å². The summed E-state index contributed by atoms with van der Waals surface area (Å²) in [5, 5.41) is 16.6. The fraction of sp³-hybridized carbons (Fsp3) is 0.538. The standard InChI is InChI=1S/C26H36FN6O7P/c1-15(2)31-22-20-23(29-13-28-22)33(14-30-20)25-26(6,27)21(34)19(39-25)12-37-41(36,40-18-10-8-7-9-11-18)32-17(5)24(35)38-16(3)4/h7-11,13-17,19,21,25,34H,12H2,1-6H3,(H,32,36)(H,28,29,31)/t17-,19+,21+,25+,26+,41+/m0/s1. The van der Waals surface area contributed by atoms with Gasteiger partial charge in [-0.2, -0.15) is 5.09 Å². The lowest BCUT2D eigenvalue weighted by Gasteiger charge is -2.25. The van der Waals surface area contributed by atoms with E-state index < -0.39 is 56.6 Å². The lowest BCUT2D eigenvalue weighted by molar-refractivity contribution is -0.149. The van der Waals surface area contributed by atoms with E-state index in [2.05, 4.69) is 25.4 Å². The lowest BCUT2D eigenvalue weighted by atomic mass is 9.98. The van der Waals surface area contributed by atoms with E-state index in [9.17, 15) is 14.5 Å². The molecule has 0 saturated carbocycles. The summed E-state index contributed by atoms with van der Waals surface area (Å²) in [6.45, 7) is 9.33. The van der Waals surface area contributed by atoms with Crippen molar-refractivity contribution in [2.24, 2.45) is 0 Å². The Kier molecular flexibility index (Phi) is 9.29. The van der Waals surface area contributed by atoms with Crippen LogP contribution in [-0.4, -0.2) is 73.3 Å². The fourth-order valence-corrected chi connectivity index (χ4v) is 5.76. The second kappa shape index (κ2) is 12.4. The average molecular weight is 595 g/mol. The molecule has 224 valence electrons. The number of hydrogen-bond acceptors (Lipinski definition) is 11. The van der Waals surface area contributed by atoms with Crippen LogP contribution in [0, 0.1) is 0 Å². The van der Waals surface area contributed by atoms with Crippen molar-refractivity contribution in [1.29, 1.82) is 0 Å². The van der Waals surface area contributed by atoms with Crippen molar-refractivity contribution in [1.82, 2.24) is 24.6 Å². The summed E-state index contributed by atoms with van der Waals surface area (Å²) in [7, 11) is -4.27. The molecule has 15 heteroatoms.